The van der Waals surface area contributed by atoms with E-state index in [0.29, 0.717) is 24.7 Å². The van der Waals surface area contributed by atoms with Gasteiger partial charge in [0.15, 0.2) is 0 Å². The number of nitrogens with two attached hydrogens (primary N) is 1. The maximum atomic E-state index is 12.5. The van der Waals surface area contributed by atoms with E-state index in [1.165, 1.54) is 6.20 Å². The molecule has 2 rings (SSSR count). The summed E-state index contributed by atoms with van der Waals surface area (Å²) in [6.07, 6.45) is 5.15. The summed E-state index contributed by atoms with van der Waals surface area (Å²) >= 11 is 0. The smallest absolute Gasteiger partial charge is 0.269 e. The number of nitrogens with zero attached hydrogens (tertiary/aromatic N) is 2. The summed E-state index contributed by atoms with van der Waals surface area (Å²) < 4.78 is 5.32. The summed E-state index contributed by atoms with van der Waals surface area (Å²) in [6.45, 7) is 5.30. The number of rotatable bonds is 10. The third kappa shape index (κ3) is 6.98. The SMILES string of the molecule is CNCCN1CCC(CN=C(/C=C\N)C(=O)NCc2ccccc2OC)CC1. The molecule has 0 saturated carbocycles. The van der Waals surface area contributed by atoms with Crippen LogP contribution < -0.4 is 21.1 Å². The Kier molecular flexibility index (Phi) is 9.51. The Morgan fingerprint density at radius 3 is 2.79 bits per heavy atom. The molecule has 0 atom stereocenters. The van der Waals surface area contributed by atoms with Crippen molar-refractivity contribution in [3.8, 4) is 5.75 Å². The second-order valence-electron chi connectivity index (χ2n) is 6.97. The number of likely N-dealkylation sites (tertiary alicyclic amines) is 1. The fourth-order valence-electron chi connectivity index (χ4n) is 3.30. The lowest BCUT2D eigenvalue weighted by Gasteiger charge is -2.31. The number of hydrogen-bond donors (Lipinski definition) is 3. The van der Waals surface area contributed by atoms with E-state index in [0.717, 1.165) is 50.3 Å². The average molecular weight is 388 g/mol. The molecule has 0 aliphatic carbocycles. The minimum Gasteiger partial charge on any atom is -0.496 e. The van der Waals surface area contributed by atoms with E-state index in [-0.39, 0.29) is 5.91 Å². The molecule has 1 amide bonds. The Morgan fingerprint density at radius 1 is 1.36 bits per heavy atom. The van der Waals surface area contributed by atoms with Gasteiger partial charge in [0.1, 0.15) is 11.5 Å². The molecule has 1 fully saturated rings. The van der Waals surface area contributed by atoms with Crippen molar-refractivity contribution in [1.82, 2.24) is 15.5 Å². The van der Waals surface area contributed by atoms with Crippen LogP contribution in [0.5, 0.6) is 5.75 Å². The van der Waals surface area contributed by atoms with E-state index in [1.807, 2.05) is 31.3 Å². The van der Waals surface area contributed by atoms with Crippen LogP contribution >= 0.6 is 0 Å². The summed E-state index contributed by atoms with van der Waals surface area (Å²) in [5, 5.41) is 6.09. The highest BCUT2D eigenvalue weighted by Gasteiger charge is 2.19. The zero-order chi connectivity index (χ0) is 20.2. The molecule has 7 heteroatoms. The highest BCUT2D eigenvalue weighted by Crippen LogP contribution is 2.18. The van der Waals surface area contributed by atoms with Crippen molar-refractivity contribution < 1.29 is 9.53 Å². The van der Waals surface area contributed by atoms with Crippen LogP contribution in [0.15, 0.2) is 41.5 Å². The quantitative estimate of drug-likeness (QED) is 0.524. The monoisotopic (exact) mass is 387 g/mol. The van der Waals surface area contributed by atoms with Gasteiger partial charge in [-0.25, -0.2) is 0 Å². The second kappa shape index (κ2) is 12.2. The first-order valence-corrected chi connectivity index (χ1v) is 9.87. The fourth-order valence-corrected chi connectivity index (χ4v) is 3.30. The van der Waals surface area contributed by atoms with Crippen LogP contribution in [-0.4, -0.2) is 63.4 Å². The van der Waals surface area contributed by atoms with Gasteiger partial charge in [0.2, 0.25) is 0 Å². The number of carbonyl (C=O) groups is 1. The van der Waals surface area contributed by atoms with Crippen LogP contribution in [0, 0.1) is 5.92 Å². The van der Waals surface area contributed by atoms with E-state index < -0.39 is 0 Å². The van der Waals surface area contributed by atoms with Gasteiger partial charge in [-0.15, -0.1) is 0 Å². The number of aliphatic imine (C=N–C) groups is 1. The summed E-state index contributed by atoms with van der Waals surface area (Å²) in [5.74, 6) is 1.04. The highest BCUT2D eigenvalue weighted by atomic mass is 16.5. The van der Waals surface area contributed by atoms with Crippen molar-refractivity contribution in [2.24, 2.45) is 16.6 Å². The summed E-state index contributed by atoms with van der Waals surface area (Å²) in [6, 6.07) is 7.62. The largest absolute Gasteiger partial charge is 0.496 e. The molecule has 1 aromatic carbocycles. The maximum Gasteiger partial charge on any atom is 0.269 e. The fraction of sp³-hybridized carbons (Fsp3) is 0.524. The van der Waals surface area contributed by atoms with E-state index in [4.69, 9.17) is 10.5 Å². The average Bonchev–Trinajstić information content (AvgIpc) is 2.74. The van der Waals surface area contributed by atoms with Gasteiger partial charge < -0.3 is 26.0 Å². The van der Waals surface area contributed by atoms with Crippen LogP contribution in [0.3, 0.4) is 0 Å². The van der Waals surface area contributed by atoms with Crippen LogP contribution in [0.4, 0.5) is 0 Å². The Morgan fingerprint density at radius 2 is 2.11 bits per heavy atom. The van der Waals surface area contributed by atoms with Crippen molar-refractivity contribution in [3.63, 3.8) is 0 Å². The van der Waals surface area contributed by atoms with Crippen LogP contribution in [0.2, 0.25) is 0 Å². The Labute approximate surface area is 168 Å². The number of ether oxygens (including phenoxy) is 1. The molecule has 1 aliphatic rings. The number of methoxy groups -OCH3 is 1. The molecule has 0 aromatic heterocycles. The van der Waals surface area contributed by atoms with Crippen LogP contribution in [-0.2, 0) is 11.3 Å². The molecule has 1 aromatic rings. The molecular formula is C21H33N5O2. The van der Waals surface area contributed by atoms with Gasteiger partial charge in [0.25, 0.3) is 5.91 Å². The lowest BCUT2D eigenvalue weighted by molar-refractivity contribution is -0.114. The molecule has 1 saturated heterocycles. The number of nitrogens with one attached hydrogen (secondary N) is 2. The minimum atomic E-state index is -0.223. The number of benzene rings is 1. The topological polar surface area (TPSA) is 92.0 Å². The first-order valence-electron chi connectivity index (χ1n) is 9.87. The third-order valence-corrected chi connectivity index (χ3v) is 5.02. The second-order valence-corrected chi connectivity index (χ2v) is 6.97. The number of hydrogen-bond acceptors (Lipinski definition) is 6. The normalized spacial score (nSPS) is 16.4. The Hall–Kier alpha value is -2.38. The molecule has 1 heterocycles. The summed E-state index contributed by atoms with van der Waals surface area (Å²) in [7, 11) is 3.60. The van der Waals surface area contributed by atoms with E-state index in [2.05, 4.69) is 20.5 Å². The lowest BCUT2D eigenvalue weighted by Crippen LogP contribution is -2.38. The van der Waals surface area contributed by atoms with Crippen LogP contribution in [0.25, 0.3) is 0 Å². The Bertz CT molecular complexity index is 667. The molecule has 7 nitrogen and oxygen atoms in total. The number of piperidine rings is 1. The van der Waals surface area contributed by atoms with Gasteiger partial charge in [-0.2, -0.15) is 0 Å². The predicted molar refractivity (Wildman–Crippen MR) is 114 cm³/mol. The Balaban J connectivity index is 1.87. The first kappa shape index (κ1) is 21.9. The van der Waals surface area contributed by atoms with Gasteiger partial charge >= 0.3 is 0 Å². The zero-order valence-corrected chi connectivity index (χ0v) is 17.0. The number of likely N-dealkylation sites (N-methyl/N-ethyl adjacent to an activating group) is 1. The number of carbonyl (C=O) groups excluding carboxylic acids is 1. The van der Waals surface area contributed by atoms with Crippen molar-refractivity contribution in [3.05, 3.63) is 42.1 Å². The minimum absolute atomic E-state index is 0.223. The standard InChI is InChI=1S/C21H33N5O2/c1-23-11-14-26-12-8-17(9-13-26)15-24-19(7-10-22)21(27)25-16-18-5-3-4-6-20(18)28-2/h3-7,10,17,23H,8-9,11-16,22H2,1-2H3,(H,25,27)/b10-7-,24-19?. The van der Waals surface area contributed by atoms with Gasteiger partial charge in [-0.05, 0) is 57.2 Å². The van der Waals surface area contributed by atoms with E-state index >= 15 is 0 Å². The van der Waals surface area contributed by atoms with Crippen molar-refractivity contribution >= 4 is 11.6 Å². The maximum absolute atomic E-state index is 12.5. The molecule has 4 N–H and O–H groups in total. The molecule has 0 bridgehead atoms. The van der Waals surface area contributed by atoms with E-state index in [1.54, 1.807) is 13.2 Å². The highest BCUT2D eigenvalue weighted by molar-refractivity contribution is 6.43. The molecule has 0 radical (unpaired) electrons. The number of amides is 1. The number of para-hydroxylation sites is 1. The van der Waals surface area contributed by atoms with Gasteiger partial charge in [0, 0.05) is 31.7 Å². The van der Waals surface area contributed by atoms with Gasteiger partial charge in [0.05, 0.1) is 7.11 Å². The summed E-state index contributed by atoms with van der Waals surface area (Å²) in [5.41, 5.74) is 6.81. The first-order chi connectivity index (χ1) is 13.7. The zero-order valence-electron chi connectivity index (χ0n) is 17.0. The van der Waals surface area contributed by atoms with Crippen molar-refractivity contribution in [2.45, 2.75) is 19.4 Å². The van der Waals surface area contributed by atoms with E-state index in [9.17, 15) is 4.79 Å². The van der Waals surface area contributed by atoms with Gasteiger partial charge in [-0.3, -0.25) is 9.79 Å². The van der Waals surface area contributed by atoms with Crippen molar-refractivity contribution in [2.75, 3.05) is 46.9 Å². The molecule has 0 spiro atoms. The molecule has 28 heavy (non-hydrogen) atoms. The predicted octanol–water partition coefficient (Wildman–Crippen LogP) is 1.16. The molecule has 1 aliphatic heterocycles. The molecular weight excluding hydrogens is 354 g/mol. The van der Waals surface area contributed by atoms with Crippen molar-refractivity contribution in [1.29, 1.82) is 0 Å². The molecule has 0 unspecified atom stereocenters. The third-order valence-electron chi connectivity index (χ3n) is 5.02. The summed E-state index contributed by atoms with van der Waals surface area (Å²) in [4.78, 5) is 19.6. The molecule has 154 valence electrons. The van der Waals surface area contributed by atoms with Crippen LogP contribution in [0.1, 0.15) is 18.4 Å². The van der Waals surface area contributed by atoms with Gasteiger partial charge in [-0.1, -0.05) is 18.2 Å². The lowest BCUT2D eigenvalue weighted by atomic mass is 9.97.